The lowest BCUT2D eigenvalue weighted by molar-refractivity contribution is 0.0692. The number of methoxy groups -OCH3 is 1. The first-order valence-electron chi connectivity index (χ1n) is 6.65. The molecule has 5 heteroatoms. The molecule has 2 N–H and O–H groups in total. The minimum absolute atomic E-state index is 0.0613. The van der Waals surface area contributed by atoms with E-state index < -0.39 is 0 Å². The molecule has 0 spiro atoms. The maximum Gasteiger partial charge on any atom is 0.161 e. The molecule has 1 aliphatic rings. The van der Waals surface area contributed by atoms with Gasteiger partial charge in [0.2, 0.25) is 0 Å². The summed E-state index contributed by atoms with van der Waals surface area (Å²) in [7, 11) is 1.66. The molecule has 1 saturated heterocycles. The third-order valence-corrected chi connectivity index (χ3v) is 3.61. The van der Waals surface area contributed by atoms with Gasteiger partial charge in [0.1, 0.15) is 0 Å². The summed E-state index contributed by atoms with van der Waals surface area (Å²) in [5.74, 6) is 1.24. The van der Waals surface area contributed by atoms with Gasteiger partial charge in [-0.2, -0.15) is 5.10 Å². The molecule has 102 valence electrons. The Morgan fingerprint density at radius 1 is 1.67 bits per heavy atom. The number of rotatable bonds is 5. The Bertz CT molecular complexity index is 392. The van der Waals surface area contributed by atoms with Crippen LogP contribution in [0.4, 0.5) is 0 Å². The van der Waals surface area contributed by atoms with Gasteiger partial charge in [-0.05, 0) is 18.8 Å². The molecule has 0 aromatic carbocycles. The Balaban J connectivity index is 2.26. The molecule has 1 aromatic heterocycles. The number of hydrogen-bond donors (Lipinski definition) is 1. The predicted molar refractivity (Wildman–Crippen MR) is 69.5 cm³/mol. The Hall–Kier alpha value is -1.07. The fourth-order valence-corrected chi connectivity index (χ4v) is 2.59. The van der Waals surface area contributed by atoms with Crippen molar-refractivity contribution in [3.05, 3.63) is 11.9 Å². The van der Waals surface area contributed by atoms with Crippen LogP contribution in [0.2, 0.25) is 0 Å². The number of hydrogen-bond acceptors (Lipinski definition) is 4. The molecular weight excluding hydrogens is 230 g/mol. The Labute approximate surface area is 108 Å². The van der Waals surface area contributed by atoms with Gasteiger partial charge in [0.15, 0.2) is 5.75 Å². The Morgan fingerprint density at radius 2 is 2.44 bits per heavy atom. The summed E-state index contributed by atoms with van der Waals surface area (Å²) in [6, 6.07) is -0.175. The third-order valence-electron chi connectivity index (χ3n) is 3.61. The number of ether oxygens (including phenoxy) is 2. The van der Waals surface area contributed by atoms with E-state index in [1.807, 2.05) is 4.68 Å². The minimum atomic E-state index is -0.175. The number of nitrogens with zero attached hydrogens (tertiary/aromatic N) is 2. The van der Waals surface area contributed by atoms with Gasteiger partial charge >= 0.3 is 0 Å². The average Bonchev–Trinajstić information content (AvgIpc) is 2.95. The molecular formula is C13H23N3O2. The van der Waals surface area contributed by atoms with E-state index in [4.69, 9.17) is 15.2 Å². The van der Waals surface area contributed by atoms with Gasteiger partial charge in [-0.3, -0.25) is 4.68 Å². The van der Waals surface area contributed by atoms with Crippen LogP contribution in [-0.4, -0.2) is 29.6 Å². The Morgan fingerprint density at radius 3 is 3.00 bits per heavy atom. The van der Waals surface area contributed by atoms with Crippen molar-refractivity contribution in [2.45, 2.75) is 45.4 Å². The van der Waals surface area contributed by atoms with Crippen molar-refractivity contribution in [2.24, 2.45) is 11.7 Å². The van der Waals surface area contributed by atoms with Crippen molar-refractivity contribution in [2.75, 3.05) is 13.7 Å². The van der Waals surface area contributed by atoms with Crippen LogP contribution < -0.4 is 10.5 Å². The van der Waals surface area contributed by atoms with Crippen molar-refractivity contribution >= 4 is 0 Å². The number of nitrogens with two attached hydrogens (primary N) is 1. The van der Waals surface area contributed by atoms with E-state index >= 15 is 0 Å². The van der Waals surface area contributed by atoms with E-state index in [1.54, 1.807) is 13.3 Å². The highest BCUT2D eigenvalue weighted by atomic mass is 16.5. The van der Waals surface area contributed by atoms with Gasteiger partial charge in [-0.1, -0.05) is 13.8 Å². The van der Waals surface area contributed by atoms with Crippen LogP contribution >= 0.6 is 0 Å². The topological polar surface area (TPSA) is 62.3 Å². The van der Waals surface area contributed by atoms with E-state index in [0.29, 0.717) is 5.92 Å². The molecule has 18 heavy (non-hydrogen) atoms. The molecule has 0 saturated carbocycles. The van der Waals surface area contributed by atoms with Crippen LogP contribution in [0.1, 0.15) is 38.4 Å². The van der Waals surface area contributed by atoms with Crippen LogP contribution in [0.25, 0.3) is 0 Å². The van der Waals surface area contributed by atoms with Crippen LogP contribution in [0.5, 0.6) is 5.75 Å². The summed E-state index contributed by atoms with van der Waals surface area (Å²) in [5, 5.41) is 4.35. The molecule has 2 rings (SSSR count). The highest BCUT2D eigenvalue weighted by Gasteiger charge is 2.34. The SMILES string of the molecule is CCCn1ncc(OC)c1C(N)C1OCCC1C. The van der Waals surface area contributed by atoms with E-state index in [0.717, 1.165) is 37.4 Å². The largest absolute Gasteiger partial charge is 0.493 e. The molecule has 1 aliphatic heterocycles. The van der Waals surface area contributed by atoms with E-state index in [9.17, 15) is 0 Å². The van der Waals surface area contributed by atoms with Crippen LogP contribution in [-0.2, 0) is 11.3 Å². The summed E-state index contributed by atoms with van der Waals surface area (Å²) < 4.78 is 13.1. The van der Waals surface area contributed by atoms with Gasteiger partial charge in [0.25, 0.3) is 0 Å². The molecule has 2 heterocycles. The Kier molecular flexibility index (Phi) is 4.24. The third kappa shape index (κ3) is 2.37. The number of aryl methyl sites for hydroxylation is 1. The predicted octanol–water partition coefficient (Wildman–Crippen LogP) is 1.73. The van der Waals surface area contributed by atoms with Gasteiger partial charge in [0.05, 0.1) is 31.1 Å². The standard InChI is InChI=1S/C13H23N3O2/c1-4-6-16-12(10(17-3)8-15-16)11(14)13-9(2)5-7-18-13/h8-9,11,13H,4-7,14H2,1-3H3. The molecule has 0 aliphatic carbocycles. The molecule has 1 aromatic rings. The van der Waals surface area contributed by atoms with E-state index in [-0.39, 0.29) is 12.1 Å². The summed E-state index contributed by atoms with van der Waals surface area (Å²) in [6.45, 7) is 5.96. The fourth-order valence-electron chi connectivity index (χ4n) is 2.59. The second-order valence-electron chi connectivity index (χ2n) is 4.95. The fraction of sp³-hybridized carbons (Fsp3) is 0.769. The van der Waals surface area contributed by atoms with Crippen molar-refractivity contribution < 1.29 is 9.47 Å². The lowest BCUT2D eigenvalue weighted by Gasteiger charge is -2.24. The summed E-state index contributed by atoms with van der Waals surface area (Å²) >= 11 is 0. The second-order valence-corrected chi connectivity index (χ2v) is 4.95. The molecule has 3 unspecified atom stereocenters. The zero-order valence-electron chi connectivity index (χ0n) is 11.4. The summed E-state index contributed by atoms with van der Waals surface area (Å²) in [5.41, 5.74) is 7.33. The summed E-state index contributed by atoms with van der Waals surface area (Å²) in [4.78, 5) is 0. The van der Waals surface area contributed by atoms with Crippen molar-refractivity contribution in [1.29, 1.82) is 0 Å². The lowest BCUT2D eigenvalue weighted by atomic mass is 9.96. The quantitative estimate of drug-likeness (QED) is 0.868. The first kappa shape index (κ1) is 13.4. The minimum Gasteiger partial charge on any atom is -0.493 e. The number of aromatic nitrogens is 2. The van der Waals surface area contributed by atoms with Crippen LogP contribution in [0, 0.1) is 5.92 Å². The van der Waals surface area contributed by atoms with Crippen molar-refractivity contribution in [3.8, 4) is 5.75 Å². The monoisotopic (exact) mass is 253 g/mol. The zero-order valence-corrected chi connectivity index (χ0v) is 11.4. The van der Waals surface area contributed by atoms with Crippen LogP contribution in [0.3, 0.4) is 0 Å². The first-order valence-corrected chi connectivity index (χ1v) is 6.65. The van der Waals surface area contributed by atoms with Gasteiger partial charge in [0, 0.05) is 13.2 Å². The normalized spacial score (nSPS) is 25.3. The van der Waals surface area contributed by atoms with Crippen molar-refractivity contribution in [3.63, 3.8) is 0 Å². The lowest BCUT2D eigenvalue weighted by Crippen LogP contribution is -2.32. The maximum atomic E-state index is 6.38. The zero-order chi connectivity index (χ0) is 13.1. The van der Waals surface area contributed by atoms with Crippen LogP contribution in [0.15, 0.2) is 6.20 Å². The first-order chi connectivity index (χ1) is 8.69. The smallest absolute Gasteiger partial charge is 0.161 e. The van der Waals surface area contributed by atoms with E-state index in [1.165, 1.54) is 0 Å². The molecule has 0 amide bonds. The van der Waals surface area contributed by atoms with Gasteiger partial charge in [-0.15, -0.1) is 0 Å². The van der Waals surface area contributed by atoms with Gasteiger partial charge < -0.3 is 15.2 Å². The highest BCUT2D eigenvalue weighted by molar-refractivity contribution is 5.29. The molecule has 0 radical (unpaired) electrons. The van der Waals surface area contributed by atoms with E-state index in [2.05, 4.69) is 18.9 Å². The highest BCUT2D eigenvalue weighted by Crippen LogP contribution is 2.33. The van der Waals surface area contributed by atoms with Crippen molar-refractivity contribution in [1.82, 2.24) is 9.78 Å². The molecule has 5 nitrogen and oxygen atoms in total. The van der Waals surface area contributed by atoms with Gasteiger partial charge in [-0.25, -0.2) is 0 Å². The average molecular weight is 253 g/mol. The molecule has 0 bridgehead atoms. The molecule has 1 fully saturated rings. The second kappa shape index (κ2) is 5.71. The molecule has 3 atom stereocenters. The maximum absolute atomic E-state index is 6.38. The summed E-state index contributed by atoms with van der Waals surface area (Å²) in [6.07, 6.45) is 3.89.